The molecule has 2 rings (SSSR count). The third-order valence-corrected chi connectivity index (χ3v) is 2.68. The Kier molecular flexibility index (Phi) is 4.57. The predicted molar refractivity (Wildman–Crippen MR) is 61.4 cm³/mol. The van der Waals surface area contributed by atoms with Crippen molar-refractivity contribution in [1.29, 1.82) is 0 Å². The van der Waals surface area contributed by atoms with E-state index in [4.69, 9.17) is 4.74 Å². The molecule has 1 aromatic rings. The summed E-state index contributed by atoms with van der Waals surface area (Å²) in [6, 6.07) is 0. The highest BCUT2D eigenvalue weighted by Crippen LogP contribution is 2.23. The van der Waals surface area contributed by atoms with Crippen molar-refractivity contribution in [2.45, 2.75) is 19.4 Å². The molecule has 0 aliphatic carbocycles. The van der Waals surface area contributed by atoms with Crippen LogP contribution in [0.3, 0.4) is 0 Å². The molecule has 0 spiro atoms. The van der Waals surface area contributed by atoms with Crippen molar-refractivity contribution < 1.29 is 4.74 Å². The van der Waals surface area contributed by atoms with E-state index in [9.17, 15) is 0 Å². The van der Waals surface area contributed by atoms with Crippen LogP contribution in [-0.2, 0) is 18.3 Å². The molecule has 0 radical (unpaired) electrons. The topological polar surface area (TPSA) is 39.1 Å². The number of aryl methyl sites for hydroxylation is 1. The van der Waals surface area contributed by atoms with Crippen molar-refractivity contribution in [2.75, 3.05) is 19.8 Å². The molecule has 0 aromatic carbocycles. The van der Waals surface area contributed by atoms with Gasteiger partial charge in [0.2, 0.25) is 0 Å². The summed E-state index contributed by atoms with van der Waals surface area (Å²) >= 11 is 0. The summed E-state index contributed by atoms with van der Waals surface area (Å²) in [5.41, 5.74) is 2.64. The molecule has 1 unspecified atom stereocenters. The van der Waals surface area contributed by atoms with Gasteiger partial charge in [0.1, 0.15) is 0 Å². The molecule has 1 N–H and O–H groups in total. The fraction of sp³-hybridized carbons (Fsp3) is 0.700. The Balaban J connectivity index is 0.00000112. The van der Waals surface area contributed by atoms with E-state index in [1.54, 1.807) is 0 Å². The monoisotopic (exact) mass is 231 g/mol. The van der Waals surface area contributed by atoms with Crippen LogP contribution in [-0.4, -0.2) is 29.5 Å². The summed E-state index contributed by atoms with van der Waals surface area (Å²) in [6.07, 6.45) is 1.94. The van der Waals surface area contributed by atoms with Gasteiger partial charge in [0.25, 0.3) is 0 Å². The van der Waals surface area contributed by atoms with Gasteiger partial charge in [-0.25, -0.2) is 0 Å². The summed E-state index contributed by atoms with van der Waals surface area (Å²) in [5, 5.41) is 7.66. The third kappa shape index (κ3) is 2.51. The van der Waals surface area contributed by atoms with Crippen molar-refractivity contribution >= 4 is 12.4 Å². The number of rotatable bonds is 3. The lowest BCUT2D eigenvalue weighted by Crippen LogP contribution is -2.31. The summed E-state index contributed by atoms with van der Waals surface area (Å²) in [6.45, 7) is 5.53. The van der Waals surface area contributed by atoms with E-state index in [0.29, 0.717) is 5.92 Å². The highest BCUT2D eigenvalue weighted by atomic mass is 35.5. The van der Waals surface area contributed by atoms with Gasteiger partial charge in [-0.15, -0.1) is 12.4 Å². The summed E-state index contributed by atoms with van der Waals surface area (Å²) in [7, 11) is 2.00. The maximum atomic E-state index is 5.47. The Hall–Kier alpha value is -0.580. The van der Waals surface area contributed by atoms with Crippen LogP contribution < -0.4 is 5.32 Å². The van der Waals surface area contributed by atoms with Crippen molar-refractivity contribution in [3.05, 3.63) is 17.5 Å². The maximum absolute atomic E-state index is 5.47. The third-order valence-electron chi connectivity index (χ3n) is 2.68. The quantitative estimate of drug-likeness (QED) is 0.846. The van der Waals surface area contributed by atoms with E-state index < -0.39 is 0 Å². The van der Waals surface area contributed by atoms with E-state index in [0.717, 1.165) is 26.3 Å². The maximum Gasteiger partial charge on any atom is 0.0562 e. The van der Waals surface area contributed by atoms with Crippen molar-refractivity contribution in [1.82, 2.24) is 15.1 Å². The molecule has 1 atom stereocenters. The second-order valence-corrected chi connectivity index (χ2v) is 3.67. The van der Waals surface area contributed by atoms with E-state index >= 15 is 0 Å². The fourth-order valence-corrected chi connectivity index (χ4v) is 2.03. The van der Waals surface area contributed by atoms with Crippen LogP contribution in [0.5, 0.6) is 0 Å². The standard InChI is InChI=1S/C10H17N3O.ClH/c1-3-14-7-9-5-11-4-8-6-12-13(2)10(8)9;/h6,9,11H,3-5,7H2,1-2H3;1H. The van der Waals surface area contributed by atoms with Crippen LogP contribution in [0.4, 0.5) is 0 Å². The summed E-state index contributed by atoms with van der Waals surface area (Å²) < 4.78 is 7.45. The summed E-state index contributed by atoms with van der Waals surface area (Å²) in [4.78, 5) is 0. The SMILES string of the molecule is CCOCC1CNCc2cnn(C)c21.Cl. The molecule has 0 saturated carbocycles. The molecular formula is C10H18ClN3O. The van der Waals surface area contributed by atoms with Gasteiger partial charge in [-0.2, -0.15) is 5.10 Å². The molecule has 0 fully saturated rings. The Morgan fingerprint density at radius 1 is 1.67 bits per heavy atom. The lowest BCUT2D eigenvalue weighted by molar-refractivity contribution is 0.127. The van der Waals surface area contributed by atoms with Crippen LogP contribution in [0.25, 0.3) is 0 Å². The average molecular weight is 232 g/mol. The van der Waals surface area contributed by atoms with E-state index in [1.165, 1.54) is 11.3 Å². The smallest absolute Gasteiger partial charge is 0.0562 e. The Labute approximate surface area is 96.4 Å². The van der Waals surface area contributed by atoms with Crippen molar-refractivity contribution in [3.63, 3.8) is 0 Å². The minimum absolute atomic E-state index is 0. The normalized spacial score (nSPS) is 19.5. The largest absolute Gasteiger partial charge is 0.381 e. The van der Waals surface area contributed by atoms with Crippen LogP contribution in [0.1, 0.15) is 24.1 Å². The highest BCUT2D eigenvalue weighted by molar-refractivity contribution is 5.85. The molecule has 15 heavy (non-hydrogen) atoms. The van der Waals surface area contributed by atoms with Crippen LogP contribution in [0.15, 0.2) is 6.20 Å². The van der Waals surface area contributed by atoms with Gasteiger partial charge in [-0.1, -0.05) is 0 Å². The lowest BCUT2D eigenvalue weighted by atomic mass is 9.99. The number of halogens is 1. The molecule has 0 amide bonds. The molecule has 4 nitrogen and oxygen atoms in total. The predicted octanol–water partition coefficient (Wildman–Crippen LogP) is 1.07. The van der Waals surface area contributed by atoms with E-state index in [2.05, 4.69) is 10.4 Å². The van der Waals surface area contributed by atoms with Gasteiger partial charge < -0.3 is 10.1 Å². The molecule has 5 heteroatoms. The number of hydrogen-bond acceptors (Lipinski definition) is 3. The van der Waals surface area contributed by atoms with Gasteiger partial charge >= 0.3 is 0 Å². The zero-order valence-electron chi connectivity index (χ0n) is 9.19. The molecule has 0 saturated heterocycles. The second kappa shape index (κ2) is 5.49. The molecule has 2 heterocycles. The first-order valence-corrected chi connectivity index (χ1v) is 5.12. The first-order valence-electron chi connectivity index (χ1n) is 5.12. The number of nitrogens with zero attached hydrogens (tertiary/aromatic N) is 2. The van der Waals surface area contributed by atoms with Gasteiger partial charge in [-0.05, 0) is 6.92 Å². The van der Waals surface area contributed by atoms with Gasteiger partial charge in [0.05, 0.1) is 12.8 Å². The van der Waals surface area contributed by atoms with E-state index in [1.807, 2.05) is 24.9 Å². The zero-order chi connectivity index (χ0) is 9.97. The molecule has 1 aliphatic rings. The van der Waals surface area contributed by atoms with Gasteiger partial charge in [0, 0.05) is 43.9 Å². The van der Waals surface area contributed by atoms with Gasteiger partial charge in [0.15, 0.2) is 0 Å². The Bertz CT molecular complexity index is 314. The highest BCUT2D eigenvalue weighted by Gasteiger charge is 2.23. The minimum Gasteiger partial charge on any atom is -0.381 e. The second-order valence-electron chi connectivity index (χ2n) is 3.67. The van der Waals surface area contributed by atoms with Gasteiger partial charge in [-0.3, -0.25) is 4.68 Å². The number of aromatic nitrogens is 2. The average Bonchev–Trinajstić information content (AvgIpc) is 2.58. The van der Waals surface area contributed by atoms with Crippen LogP contribution in [0, 0.1) is 0 Å². The summed E-state index contributed by atoms with van der Waals surface area (Å²) in [5.74, 6) is 0.450. The zero-order valence-corrected chi connectivity index (χ0v) is 10.0. The molecule has 1 aromatic heterocycles. The lowest BCUT2D eigenvalue weighted by Gasteiger charge is -2.24. The number of fused-ring (bicyclic) bond motifs is 1. The van der Waals surface area contributed by atoms with Crippen LogP contribution in [0.2, 0.25) is 0 Å². The first kappa shape index (κ1) is 12.5. The molecular weight excluding hydrogens is 214 g/mol. The van der Waals surface area contributed by atoms with Crippen LogP contribution >= 0.6 is 12.4 Å². The first-order chi connectivity index (χ1) is 6.83. The number of nitrogens with one attached hydrogen (secondary N) is 1. The Morgan fingerprint density at radius 3 is 3.20 bits per heavy atom. The number of ether oxygens (including phenoxy) is 1. The molecule has 86 valence electrons. The van der Waals surface area contributed by atoms with E-state index in [-0.39, 0.29) is 12.4 Å². The number of hydrogen-bond donors (Lipinski definition) is 1. The Morgan fingerprint density at radius 2 is 2.47 bits per heavy atom. The van der Waals surface area contributed by atoms with Crippen molar-refractivity contribution in [3.8, 4) is 0 Å². The molecule has 1 aliphatic heterocycles. The fourth-order valence-electron chi connectivity index (χ4n) is 2.03. The van der Waals surface area contributed by atoms with Crippen molar-refractivity contribution in [2.24, 2.45) is 7.05 Å². The minimum atomic E-state index is 0. The molecule has 0 bridgehead atoms.